The first kappa shape index (κ1) is 48.6. The SMILES string of the molecule is CC[C@H]1OC(=O)[C@H](C)C(=O)[C@H](C)[C@@H](O[C@@H]2O[C@H](C)C[C@H](N(C)C)[C@H]2OC(C)=O)[C@]2(C)CC/C(=N/OCc3ccc(-c4ccno4)nc3)CC[C@@H]([C@@H]1O)[C@@H](C)C(=NC(C)=O)[C@H](C)C2. The van der Waals surface area contributed by atoms with Crippen molar-refractivity contribution in [1.82, 2.24) is 15.0 Å². The fraction of sp³-hybridized carbons (Fsp3) is 0.696. The number of cyclic esters (lactones) is 1. The fourth-order valence-electron chi connectivity index (χ4n) is 9.69. The van der Waals surface area contributed by atoms with E-state index in [1.54, 1.807) is 25.4 Å². The summed E-state index contributed by atoms with van der Waals surface area (Å²) >= 11 is 0. The average Bonchev–Trinajstić information content (AvgIpc) is 3.77. The second kappa shape index (κ2) is 21.3. The molecule has 62 heavy (non-hydrogen) atoms. The third-order valence-corrected chi connectivity index (χ3v) is 13.1. The van der Waals surface area contributed by atoms with Gasteiger partial charge in [-0.2, -0.15) is 0 Å². The Morgan fingerprint density at radius 1 is 1.05 bits per heavy atom. The van der Waals surface area contributed by atoms with E-state index in [1.165, 1.54) is 20.8 Å². The lowest BCUT2D eigenvalue weighted by atomic mass is 9.66. The van der Waals surface area contributed by atoms with E-state index in [1.807, 2.05) is 65.7 Å². The van der Waals surface area contributed by atoms with Crippen LogP contribution in [0.2, 0.25) is 0 Å². The van der Waals surface area contributed by atoms with Gasteiger partial charge in [-0.05, 0) is 96.2 Å². The van der Waals surface area contributed by atoms with Crippen LogP contribution >= 0.6 is 0 Å². The number of aliphatic imine (C=N–C) groups is 1. The Morgan fingerprint density at radius 3 is 2.40 bits per heavy atom. The summed E-state index contributed by atoms with van der Waals surface area (Å²) in [6.45, 7) is 15.9. The molecule has 16 nitrogen and oxygen atoms in total. The first-order valence-corrected chi connectivity index (χ1v) is 22.0. The number of nitrogens with zero attached hydrogens (tertiary/aromatic N) is 5. The van der Waals surface area contributed by atoms with Gasteiger partial charge in [-0.15, -0.1) is 0 Å². The van der Waals surface area contributed by atoms with Crippen LogP contribution in [-0.4, -0.2) is 112 Å². The Balaban J connectivity index is 1.64. The van der Waals surface area contributed by atoms with Crippen molar-refractivity contribution in [3.8, 4) is 11.5 Å². The second-order valence-electron chi connectivity index (χ2n) is 18.2. The third-order valence-electron chi connectivity index (χ3n) is 13.1. The Morgan fingerprint density at radius 2 is 1.79 bits per heavy atom. The molecule has 13 atom stereocenters. The highest BCUT2D eigenvalue weighted by Crippen LogP contribution is 2.45. The summed E-state index contributed by atoms with van der Waals surface area (Å²) in [7, 11) is 3.81. The van der Waals surface area contributed by atoms with Gasteiger partial charge in [-0.1, -0.05) is 51.0 Å². The van der Waals surface area contributed by atoms with Crippen molar-refractivity contribution >= 4 is 35.1 Å². The molecule has 1 saturated carbocycles. The van der Waals surface area contributed by atoms with Crippen molar-refractivity contribution in [2.75, 3.05) is 14.1 Å². The maximum absolute atomic E-state index is 14.7. The molecular weight excluding hydrogens is 799 g/mol. The van der Waals surface area contributed by atoms with Crippen LogP contribution in [0.5, 0.6) is 0 Å². The first-order chi connectivity index (χ1) is 29.3. The van der Waals surface area contributed by atoms with Gasteiger partial charge in [-0.3, -0.25) is 24.2 Å². The Bertz CT molecular complexity index is 1900. The Hall–Kier alpha value is -4.38. The number of oxime groups is 1. The number of pyridine rings is 1. The summed E-state index contributed by atoms with van der Waals surface area (Å²) in [5.74, 6) is -4.89. The van der Waals surface area contributed by atoms with E-state index in [9.17, 15) is 24.3 Å². The van der Waals surface area contributed by atoms with Crippen molar-refractivity contribution in [3.05, 3.63) is 36.2 Å². The maximum Gasteiger partial charge on any atom is 0.316 e. The minimum Gasteiger partial charge on any atom is -0.459 e. The number of rotatable bonds is 9. The number of carbonyl (C=O) groups is 4. The molecule has 0 unspecified atom stereocenters. The van der Waals surface area contributed by atoms with E-state index in [0.29, 0.717) is 61.4 Å². The van der Waals surface area contributed by atoms with Gasteiger partial charge in [0.1, 0.15) is 24.3 Å². The summed E-state index contributed by atoms with van der Waals surface area (Å²) in [5.41, 5.74) is 1.84. The highest BCUT2D eigenvalue weighted by molar-refractivity contribution is 6.00. The topological polar surface area (TPSA) is 202 Å². The molecule has 3 aliphatic rings. The van der Waals surface area contributed by atoms with Crippen molar-refractivity contribution in [3.63, 3.8) is 0 Å². The molecule has 1 amide bonds. The average molecular weight is 866 g/mol. The lowest BCUT2D eigenvalue weighted by Gasteiger charge is -2.48. The number of amides is 1. The molecule has 1 aliphatic carbocycles. The van der Waals surface area contributed by atoms with Crippen LogP contribution < -0.4 is 0 Å². The fourth-order valence-corrected chi connectivity index (χ4v) is 9.69. The van der Waals surface area contributed by atoms with Crippen LogP contribution in [0.25, 0.3) is 11.5 Å². The summed E-state index contributed by atoms with van der Waals surface area (Å²) in [6.07, 6.45) is 0.901. The molecule has 2 aliphatic heterocycles. The monoisotopic (exact) mass is 865 g/mol. The lowest BCUT2D eigenvalue weighted by molar-refractivity contribution is -0.290. The highest BCUT2D eigenvalue weighted by atomic mass is 16.7. The summed E-state index contributed by atoms with van der Waals surface area (Å²) in [4.78, 5) is 71.2. The number of carbonyl (C=O) groups excluding carboxylic acids is 4. The van der Waals surface area contributed by atoms with Gasteiger partial charge in [0, 0.05) is 49.2 Å². The van der Waals surface area contributed by atoms with Gasteiger partial charge in [0.15, 0.2) is 23.9 Å². The van der Waals surface area contributed by atoms with Crippen LogP contribution in [0, 0.1) is 35.0 Å². The Labute approximate surface area is 365 Å². The van der Waals surface area contributed by atoms with E-state index < -0.39 is 77.5 Å². The molecule has 5 rings (SSSR count). The highest BCUT2D eigenvalue weighted by Gasteiger charge is 2.51. The number of ketones is 1. The van der Waals surface area contributed by atoms with Gasteiger partial charge in [0.25, 0.3) is 0 Å². The van der Waals surface area contributed by atoms with Crippen LogP contribution in [0.3, 0.4) is 0 Å². The Kier molecular flexibility index (Phi) is 16.7. The lowest BCUT2D eigenvalue weighted by Crippen LogP contribution is -2.58. The quantitative estimate of drug-likeness (QED) is 0.165. The predicted molar refractivity (Wildman–Crippen MR) is 229 cm³/mol. The van der Waals surface area contributed by atoms with E-state index in [4.69, 9.17) is 33.5 Å². The molecule has 2 aromatic heterocycles. The number of aliphatic hydroxyl groups excluding tert-OH is 1. The molecule has 16 heteroatoms. The standard InChI is InChI=1S/C46H67N5O11/c1-12-37-41(55)34-15-14-33(50-57-24-32-13-16-35(47-23-32)38-18-20-48-62-38)17-19-46(9,22-25(2)39(27(34)4)49-30(7)52)43(28(5)40(54)29(6)44(56)60-37)61-45-42(59-31(8)53)36(51(10)11)21-26(3)58-45/h13,16,18,20,23,25-29,34,36-37,41-43,45,55H,12,14-15,17,19,21-22,24H2,1-11H3/b49-39?,50-33+/t25-,26-,27-,28+,29-,34-,36+,37-,41+,42-,43-,45+,46-/m1/s1. The predicted octanol–water partition coefficient (Wildman–Crippen LogP) is 6.38. The molecule has 2 bridgehead atoms. The number of aliphatic hydroxyl groups is 1. The minimum atomic E-state index is -1.19. The van der Waals surface area contributed by atoms with Crippen molar-refractivity contribution in [2.45, 2.75) is 157 Å². The van der Waals surface area contributed by atoms with Crippen LogP contribution in [0.15, 0.2) is 45.3 Å². The number of hydrogen-bond donors (Lipinski definition) is 1. The maximum atomic E-state index is 14.7. The largest absolute Gasteiger partial charge is 0.459 e. The van der Waals surface area contributed by atoms with Crippen LogP contribution in [0.1, 0.15) is 113 Å². The molecular formula is C46H67N5O11. The third kappa shape index (κ3) is 11.8. The smallest absolute Gasteiger partial charge is 0.316 e. The van der Waals surface area contributed by atoms with E-state index in [-0.39, 0.29) is 37.0 Å². The molecule has 3 fully saturated rings. The minimum absolute atomic E-state index is 0.129. The zero-order chi connectivity index (χ0) is 45.5. The number of ether oxygens (including phenoxy) is 4. The normalized spacial score (nSPS) is 35.4. The number of aromatic nitrogens is 2. The zero-order valence-electron chi connectivity index (χ0n) is 38.2. The molecule has 2 aromatic rings. The summed E-state index contributed by atoms with van der Waals surface area (Å²) < 4.78 is 30.8. The molecule has 2 saturated heterocycles. The summed E-state index contributed by atoms with van der Waals surface area (Å²) in [6, 6.07) is 5.15. The number of fused-ring (bicyclic) bond motifs is 5. The van der Waals surface area contributed by atoms with Crippen molar-refractivity contribution < 1.29 is 52.6 Å². The number of likely N-dealkylation sites (N-methyl/N-ethyl adjacent to an activating group) is 1. The van der Waals surface area contributed by atoms with E-state index in [0.717, 1.165) is 5.56 Å². The van der Waals surface area contributed by atoms with Gasteiger partial charge in [0.2, 0.25) is 5.91 Å². The van der Waals surface area contributed by atoms with E-state index >= 15 is 0 Å². The number of esters is 2. The molecule has 0 radical (unpaired) electrons. The van der Waals surface area contributed by atoms with Crippen molar-refractivity contribution in [1.29, 1.82) is 0 Å². The second-order valence-corrected chi connectivity index (χ2v) is 18.2. The van der Waals surface area contributed by atoms with E-state index in [2.05, 4.69) is 15.1 Å². The van der Waals surface area contributed by atoms with Gasteiger partial charge in [-0.25, -0.2) is 4.99 Å². The first-order valence-electron chi connectivity index (χ1n) is 22.0. The van der Waals surface area contributed by atoms with Gasteiger partial charge in [0.05, 0.1) is 36.3 Å². The van der Waals surface area contributed by atoms with Crippen molar-refractivity contribution in [2.24, 2.45) is 45.2 Å². The molecule has 342 valence electrons. The molecule has 0 spiro atoms. The number of Topliss-reactive ketones (excluding diaryl/α,β-unsaturated/α-hetero) is 1. The summed E-state index contributed by atoms with van der Waals surface area (Å²) in [5, 5.41) is 20.6. The van der Waals surface area contributed by atoms with Gasteiger partial charge < -0.3 is 38.3 Å². The zero-order valence-corrected chi connectivity index (χ0v) is 38.2. The number of hydrogen-bond acceptors (Lipinski definition) is 15. The van der Waals surface area contributed by atoms with Crippen LogP contribution in [-0.2, 0) is 49.6 Å². The molecule has 1 N–H and O–H groups in total. The van der Waals surface area contributed by atoms with Crippen LogP contribution in [0.4, 0.5) is 0 Å². The van der Waals surface area contributed by atoms with Gasteiger partial charge >= 0.3 is 11.9 Å². The molecule has 0 aromatic carbocycles. The molecule has 4 heterocycles.